The standard InChI is InChI=1S/C20H23N3O4.ClH/c21-10-11-27-17-8-6-16(7-9-17)22-20(25)18-13-26-14-19(24)23(18)12-15-4-2-1-3-5-15;/h1-9,18H,10-14,21H2,(H,22,25);1H/t18-;/m1./s1. The fourth-order valence-corrected chi connectivity index (χ4v) is 2.84. The first kappa shape index (κ1) is 21.7. The zero-order valence-corrected chi connectivity index (χ0v) is 16.2. The van der Waals surface area contributed by atoms with Gasteiger partial charge in [-0.05, 0) is 29.8 Å². The molecule has 1 saturated heterocycles. The fraction of sp³-hybridized carbons (Fsp3) is 0.300. The van der Waals surface area contributed by atoms with E-state index in [0.29, 0.717) is 31.1 Å². The van der Waals surface area contributed by atoms with E-state index in [4.69, 9.17) is 15.2 Å². The third-order valence-corrected chi connectivity index (χ3v) is 4.20. The highest BCUT2D eigenvalue weighted by molar-refractivity contribution is 5.98. The lowest BCUT2D eigenvalue weighted by molar-refractivity contribution is -0.154. The number of rotatable bonds is 7. The van der Waals surface area contributed by atoms with Gasteiger partial charge in [0.05, 0.1) is 6.61 Å². The molecule has 28 heavy (non-hydrogen) atoms. The molecule has 1 aliphatic heterocycles. The van der Waals surface area contributed by atoms with E-state index in [1.54, 1.807) is 29.2 Å². The van der Waals surface area contributed by atoms with Crippen molar-refractivity contribution >= 4 is 29.9 Å². The number of hydrogen-bond donors (Lipinski definition) is 2. The van der Waals surface area contributed by atoms with E-state index >= 15 is 0 Å². The van der Waals surface area contributed by atoms with Gasteiger partial charge in [-0.1, -0.05) is 30.3 Å². The maximum absolute atomic E-state index is 12.7. The van der Waals surface area contributed by atoms with E-state index in [0.717, 1.165) is 5.56 Å². The highest BCUT2D eigenvalue weighted by Gasteiger charge is 2.34. The topological polar surface area (TPSA) is 93.9 Å². The molecule has 3 N–H and O–H groups in total. The van der Waals surface area contributed by atoms with Crippen LogP contribution in [0.3, 0.4) is 0 Å². The molecule has 2 aromatic rings. The summed E-state index contributed by atoms with van der Waals surface area (Å²) in [6.07, 6.45) is 0. The summed E-state index contributed by atoms with van der Waals surface area (Å²) in [5.41, 5.74) is 7.00. The van der Waals surface area contributed by atoms with Crippen molar-refractivity contribution < 1.29 is 19.1 Å². The van der Waals surface area contributed by atoms with Crippen molar-refractivity contribution in [1.29, 1.82) is 0 Å². The van der Waals surface area contributed by atoms with Crippen LogP contribution in [-0.4, -0.2) is 49.1 Å². The number of anilines is 1. The maximum atomic E-state index is 12.7. The molecule has 0 bridgehead atoms. The first-order valence-corrected chi connectivity index (χ1v) is 8.82. The summed E-state index contributed by atoms with van der Waals surface area (Å²) in [6, 6.07) is 15.9. The van der Waals surface area contributed by atoms with Crippen molar-refractivity contribution in [3.8, 4) is 5.75 Å². The second-order valence-corrected chi connectivity index (χ2v) is 6.19. The number of morpholine rings is 1. The Morgan fingerprint density at radius 3 is 2.57 bits per heavy atom. The van der Waals surface area contributed by atoms with Gasteiger partial charge >= 0.3 is 0 Å². The van der Waals surface area contributed by atoms with E-state index in [2.05, 4.69) is 5.32 Å². The van der Waals surface area contributed by atoms with Gasteiger partial charge in [-0.2, -0.15) is 0 Å². The molecule has 1 heterocycles. The second kappa shape index (κ2) is 10.7. The van der Waals surface area contributed by atoms with Crippen LogP contribution in [0.1, 0.15) is 5.56 Å². The number of carbonyl (C=O) groups excluding carboxylic acids is 2. The van der Waals surface area contributed by atoms with Crippen molar-refractivity contribution in [2.75, 3.05) is 31.7 Å². The molecule has 0 aliphatic carbocycles. The van der Waals surface area contributed by atoms with Gasteiger partial charge < -0.3 is 25.4 Å². The summed E-state index contributed by atoms with van der Waals surface area (Å²) in [5, 5.41) is 2.84. The summed E-state index contributed by atoms with van der Waals surface area (Å²) < 4.78 is 10.7. The van der Waals surface area contributed by atoms with Gasteiger partial charge in [0.2, 0.25) is 11.8 Å². The molecular formula is C20H24ClN3O4. The van der Waals surface area contributed by atoms with Gasteiger partial charge in [0.15, 0.2) is 0 Å². The number of nitrogens with one attached hydrogen (secondary N) is 1. The van der Waals surface area contributed by atoms with Gasteiger partial charge in [-0.3, -0.25) is 9.59 Å². The van der Waals surface area contributed by atoms with Crippen LogP contribution < -0.4 is 15.8 Å². The molecule has 0 aromatic heterocycles. The Bertz CT molecular complexity index is 771. The molecule has 0 spiro atoms. The Labute approximate surface area is 170 Å². The largest absolute Gasteiger partial charge is 0.492 e. The summed E-state index contributed by atoms with van der Waals surface area (Å²) in [7, 11) is 0. The average molecular weight is 406 g/mol. The summed E-state index contributed by atoms with van der Waals surface area (Å²) >= 11 is 0. The van der Waals surface area contributed by atoms with Crippen molar-refractivity contribution in [2.24, 2.45) is 5.73 Å². The number of amides is 2. The predicted molar refractivity (Wildman–Crippen MR) is 108 cm³/mol. The average Bonchev–Trinajstić information content (AvgIpc) is 2.70. The minimum Gasteiger partial charge on any atom is -0.492 e. The minimum atomic E-state index is -0.681. The fourth-order valence-electron chi connectivity index (χ4n) is 2.84. The third-order valence-electron chi connectivity index (χ3n) is 4.20. The smallest absolute Gasteiger partial charge is 0.249 e. The van der Waals surface area contributed by atoms with E-state index in [1.165, 1.54) is 0 Å². The minimum absolute atomic E-state index is 0. The number of benzene rings is 2. The van der Waals surface area contributed by atoms with Gasteiger partial charge in [0.1, 0.15) is 25.0 Å². The lowest BCUT2D eigenvalue weighted by Crippen LogP contribution is -2.54. The van der Waals surface area contributed by atoms with Crippen molar-refractivity contribution in [2.45, 2.75) is 12.6 Å². The van der Waals surface area contributed by atoms with Crippen LogP contribution in [0, 0.1) is 0 Å². The Morgan fingerprint density at radius 2 is 1.89 bits per heavy atom. The summed E-state index contributed by atoms with van der Waals surface area (Å²) in [4.78, 5) is 26.6. The Morgan fingerprint density at radius 1 is 1.18 bits per heavy atom. The zero-order chi connectivity index (χ0) is 19.1. The summed E-state index contributed by atoms with van der Waals surface area (Å²) in [6.45, 7) is 1.39. The molecule has 3 rings (SSSR count). The van der Waals surface area contributed by atoms with Crippen LogP contribution >= 0.6 is 12.4 Å². The Hall–Kier alpha value is -2.61. The van der Waals surface area contributed by atoms with Crippen molar-refractivity contribution in [3.63, 3.8) is 0 Å². The molecule has 2 aromatic carbocycles. The van der Waals surface area contributed by atoms with Crippen LogP contribution in [0.15, 0.2) is 54.6 Å². The number of nitrogens with two attached hydrogens (primary N) is 1. The van der Waals surface area contributed by atoms with E-state index < -0.39 is 6.04 Å². The molecule has 1 fully saturated rings. The molecule has 150 valence electrons. The number of hydrogen-bond acceptors (Lipinski definition) is 5. The van der Waals surface area contributed by atoms with Crippen LogP contribution in [0.2, 0.25) is 0 Å². The molecule has 7 nitrogen and oxygen atoms in total. The van der Waals surface area contributed by atoms with Gasteiger partial charge in [-0.25, -0.2) is 0 Å². The van der Waals surface area contributed by atoms with E-state index in [9.17, 15) is 9.59 Å². The van der Waals surface area contributed by atoms with Crippen LogP contribution in [-0.2, 0) is 20.9 Å². The highest BCUT2D eigenvalue weighted by Crippen LogP contribution is 2.18. The first-order valence-electron chi connectivity index (χ1n) is 8.82. The lowest BCUT2D eigenvalue weighted by Gasteiger charge is -2.34. The molecule has 8 heteroatoms. The van der Waals surface area contributed by atoms with Crippen molar-refractivity contribution in [3.05, 3.63) is 60.2 Å². The maximum Gasteiger partial charge on any atom is 0.249 e. The summed E-state index contributed by atoms with van der Waals surface area (Å²) in [5.74, 6) is 0.200. The molecule has 0 saturated carbocycles. The normalized spacial score (nSPS) is 16.2. The number of nitrogens with zero attached hydrogens (tertiary/aromatic N) is 1. The molecule has 0 radical (unpaired) electrons. The van der Waals surface area contributed by atoms with Gasteiger partial charge in [0, 0.05) is 18.8 Å². The van der Waals surface area contributed by atoms with Gasteiger partial charge in [-0.15, -0.1) is 12.4 Å². The molecule has 0 unspecified atom stereocenters. The van der Waals surface area contributed by atoms with Crippen LogP contribution in [0.5, 0.6) is 5.75 Å². The lowest BCUT2D eigenvalue weighted by atomic mass is 10.1. The monoisotopic (exact) mass is 405 g/mol. The number of ether oxygens (including phenoxy) is 2. The van der Waals surface area contributed by atoms with Gasteiger partial charge in [0.25, 0.3) is 0 Å². The van der Waals surface area contributed by atoms with E-state index in [-0.39, 0.29) is 37.4 Å². The van der Waals surface area contributed by atoms with Crippen LogP contribution in [0.25, 0.3) is 0 Å². The number of halogens is 1. The first-order chi connectivity index (χ1) is 13.2. The molecule has 1 aliphatic rings. The Balaban J connectivity index is 0.00000280. The number of carbonyl (C=O) groups is 2. The molecule has 1 atom stereocenters. The highest BCUT2D eigenvalue weighted by atomic mass is 35.5. The zero-order valence-electron chi connectivity index (χ0n) is 15.4. The quantitative estimate of drug-likeness (QED) is 0.732. The second-order valence-electron chi connectivity index (χ2n) is 6.19. The molecular weight excluding hydrogens is 382 g/mol. The Kier molecular flexibility index (Phi) is 8.25. The van der Waals surface area contributed by atoms with Crippen LogP contribution in [0.4, 0.5) is 5.69 Å². The van der Waals surface area contributed by atoms with E-state index in [1.807, 2.05) is 30.3 Å². The SMILES string of the molecule is Cl.NCCOc1ccc(NC(=O)[C@H]2COCC(=O)N2Cc2ccccc2)cc1. The molecule has 2 amide bonds. The third kappa shape index (κ3) is 5.69. The van der Waals surface area contributed by atoms with Crippen molar-refractivity contribution in [1.82, 2.24) is 4.90 Å². The predicted octanol–water partition coefficient (Wildman–Crippen LogP) is 1.81.